The van der Waals surface area contributed by atoms with Gasteiger partial charge in [0.05, 0.1) is 12.3 Å². The largest absolute Gasteiger partial charge is 0.494 e. The number of nitrogens with zero attached hydrogens (tertiary/aromatic N) is 2. The van der Waals surface area contributed by atoms with Crippen molar-refractivity contribution >= 4 is 5.91 Å². The van der Waals surface area contributed by atoms with E-state index in [-0.39, 0.29) is 11.7 Å². The summed E-state index contributed by atoms with van der Waals surface area (Å²) in [5.41, 5.74) is 1.52. The molecular weight excluding hydrogens is 333 g/mol. The third-order valence-corrected chi connectivity index (χ3v) is 3.84. The summed E-state index contributed by atoms with van der Waals surface area (Å²) in [6.45, 7) is 1.10. The number of carbonyl (C=O) groups excluding carboxylic acids is 1. The number of amides is 1. The van der Waals surface area contributed by atoms with E-state index >= 15 is 0 Å². The molecule has 0 aliphatic carbocycles. The van der Waals surface area contributed by atoms with Crippen molar-refractivity contribution in [2.75, 3.05) is 13.2 Å². The predicted octanol–water partition coefficient (Wildman–Crippen LogP) is 3.60. The number of carbonyl (C=O) groups is 1. The van der Waals surface area contributed by atoms with Gasteiger partial charge in [-0.2, -0.15) is 5.10 Å². The zero-order valence-corrected chi connectivity index (χ0v) is 14.3. The van der Waals surface area contributed by atoms with Crippen LogP contribution < -0.4 is 10.1 Å². The van der Waals surface area contributed by atoms with Crippen molar-refractivity contribution in [1.82, 2.24) is 15.1 Å². The predicted molar refractivity (Wildman–Crippen MR) is 97.0 cm³/mol. The van der Waals surface area contributed by atoms with Gasteiger partial charge in [0.1, 0.15) is 11.6 Å². The number of benzene rings is 2. The van der Waals surface area contributed by atoms with Gasteiger partial charge in [-0.25, -0.2) is 9.07 Å². The average molecular weight is 353 g/mol. The Kier molecular flexibility index (Phi) is 5.98. The molecule has 0 fully saturated rings. The van der Waals surface area contributed by atoms with Crippen LogP contribution in [-0.4, -0.2) is 28.8 Å². The van der Waals surface area contributed by atoms with E-state index in [9.17, 15) is 9.18 Å². The molecule has 0 spiro atoms. The summed E-state index contributed by atoms with van der Waals surface area (Å²) >= 11 is 0. The van der Waals surface area contributed by atoms with Gasteiger partial charge in [-0.15, -0.1) is 0 Å². The summed E-state index contributed by atoms with van der Waals surface area (Å²) in [7, 11) is 0. The Labute approximate surface area is 151 Å². The fourth-order valence-electron chi connectivity index (χ4n) is 2.44. The van der Waals surface area contributed by atoms with Crippen molar-refractivity contribution in [3.8, 4) is 11.4 Å². The highest BCUT2D eigenvalue weighted by Crippen LogP contribution is 2.11. The van der Waals surface area contributed by atoms with E-state index in [2.05, 4.69) is 10.4 Å². The van der Waals surface area contributed by atoms with Gasteiger partial charge >= 0.3 is 0 Å². The smallest absolute Gasteiger partial charge is 0.251 e. The van der Waals surface area contributed by atoms with Crippen LogP contribution in [0.25, 0.3) is 5.69 Å². The molecule has 26 heavy (non-hydrogen) atoms. The second-order valence-electron chi connectivity index (χ2n) is 5.76. The lowest BCUT2D eigenvalue weighted by Crippen LogP contribution is -2.24. The summed E-state index contributed by atoms with van der Waals surface area (Å²) < 4.78 is 20.0. The third-order valence-electron chi connectivity index (χ3n) is 3.84. The molecular formula is C20H20FN3O2. The molecule has 1 heterocycles. The van der Waals surface area contributed by atoms with Crippen LogP contribution in [0.5, 0.6) is 5.75 Å². The lowest BCUT2D eigenvalue weighted by atomic mass is 10.2. The molecule has 3 rings (SSSR count). The lowest BCUT2D eigenvalue weighted by Gasteiger charge is -2.08. The first kappa shape index (κ1) is 17.7. The fraction of sp³-hybridized carbons (Fsp3) is 0.200. The number of hydrogen-bond acceptors (Lipinski definition) is 3. The molecule has 0 bridgehead atoms. The Bertz CT molecular complexity index is 815. The molecule has 1 aromatic heterocycles. The summed E-state index contributed by atoms with van der Waals surface area (Å²) in [4.78, 5) is 12.1. The number of halogens is 1. The van der Waals surface area contributed by atoms with Crippen LogP contribution in [0, 0.1) is 5.82 Å². The van der Waals surface area contributed by atoms with Gasteiger partial charge in [0, 0.05) is 24.5 Å². The van der Waals surface area contributed by atoms with Crippen LogP contribution in [0.2, 0.25) is 0 Å². The van der Waals surface area contributed by atoms with Crippen molar-refractivity contribution < 1.29 is 13.9 Å². The SMILES string of the molecule is O=C(NCCCCOc1ccc(F)cc1)c1ccc(-n2cccn2)cc1. The van der Waals surface area contributed by atoms with Crippen molar-refractivity contribution in [1.29, 1.82) is 0 Å². The molecule has 0 aliphatic heterocycles. The zero-order valence-electron chi connectivity index (χ0n) is 14.3. The highest BCUT2D eigenvalue weighted by atomic mass is 19.1. The van der Waals surface area contributed by atoms with Gasteiger partial charge in [0.25, 0.3) is 5.91 Å². The maximum atomic E-state index is 12.8. The normalized spacial score (nSPS) is 10.5. The van der Waals surface area contributed by atoms with E-state index in [1.54, 1.807) is 35.1 Å². The van der Waals surface area contributed by atoms with Crippen LogP contribution in [-0.2, 0) is 0 Å². The first-order valence-corrected chi connectivity index (χ1v) is 8.49. The van der Waals surface area contributed by atoms with Crippen molar-refractivity contribution in [2.24, 2.45) is 0 Å². The molecule has 0 atom stereocenters. The van der Waals surface area contributed by atoms with Crippen molar-refractivity contribution in [3.05, 3.63) is 78.4 Å². The molecule has 134 valence electrons. The van der Waals surface area contributed by atoms with E-state index in [1.165, 1.54) is 12.1 Å². The summed E-state index contributed by atoms with van der Waals surface area (Å²) in [6, 6.07) is 15.1. The van der Waals surface area contributed by atoms with E-state index in [1.807, 2.05) is 24.4 Å². The highest BCUT2D eigenvalue weighted by molar-refractivity contribution is 5.94. The van der Waals surface area contributed by atoms with E-state index < -0.39 is 0 Å². The monoisotopic (exact) mass is 353 g/mol. The number of nitrogens with one attached hydrogen (secondary N) is 1. The maximum Gasteiger partial charge on any atom is 0.251 e. The van der Waals surface area contributed by atoms with Crippen LogP contribution >= 0.6 is 0 Å². The van der Waals surface area contributed by atoms with Gasteiger partial charge in [0.15, 0.2) is 0 Å². The molecule has 0 aliphatic rings. The zero-order chi connectivity index (χ0) is 18.2. The van der Waals surface area contributed by atoms with Crippen LogP contribution in [0.3, 0.4) is 0 Å². The fourth-order valence-corrected chi connectivity index (χ4v) is 2.44. The molecule has 0 unspecified atom stereocenters. The molecule has 0 saturated carbocycles. The molecule has 6 heteroatoms. The van der Waals surface area contributed by atoms with E-state index in [4.69, 9.17) is 4.74 Å². The van der Waals surface area contributed by atoms with Gasteiger partial charge in [-0.05, 0) is 67.4 Å². The highest BCUT2D eigenvalue weighted by Gasteiger charge is 2.05. The molecule has 1 N–H and O–H groups in total. The van der Waals surface area contributed by atoms with Gasteiger partial charge in [-0.1, -0.05) is 0 Å². The number of ether oxygens (including phenoxy) is 1. The molecule has 0 radical (unpaired) electrons. The first-order chi connectivity index (χ1) is 12.7. The minimum atomic E-state index is -0.280. The number of rotatable bonds is 8. The Hall–Kier alpha value is -3.15. The van der Waals surface area contributed by atoms with Crippen LogP contribution in [0.1, 0.15) is 23.2 Å². The van der Waals surface area contributed by atoms with Crippen LogP contribution in [0.15, 0.2) is 67.0 Å². The Morgan fingerprint density at radius 3 is 2.54 bits per heavy atom. The minimum Gasteiger partial charge on any atom is -0.494 e. The number of hydrogen-bond donors (Lipinski definition) is 1. The molecule has 0 saturated heterocycles. The van der Waals surface area contributed by atoms with E-state index in [0.717, 1.165) is 18.5 Å². The maximum absolute atomic E-state index is 12.8. The summed E-state index contributed by atoms with van der Waals surface area (Å²) in [5, 5.41) is 7.04. The van der Waals surface area contributed by atoms with Gasteiger partial charge in [-0.3, -0.25) is 4.79 Å². The number of aromatic nitrogens is 2. The van der Waals surface area contributed by atoms with E-state index in [0.29, 0.717) is 24.5 Å². The second kappa shape index (κ2) is 8.80. The quantitative estimate of drug-likeness (QED) is 0.630. The molecule has 3 aromatic rings. The average Bonchev–Trinajstić information content (AvgIpc) is 3.21. The third kappa shape index (κ3) is 4.92. The standard InChI is InChI=1S/C20H20FN3O2/c21-17-6-10-19(11-7-17)26-15-2-1-12-22-20(25)16-4-8-18(9-5-16)24-14-3-13-23-24/h3-11,13-14H,1-2,12,15H2,(H,22,25). The van der Waals surface area contributed by atoms with Crippen molar-refractivity contribution in [3.63, 3.8) is 0 Å². The molecule has 1 amide bonds. The minimum absolute atomic E-state index is 0.100. The van der Waals surface area contributed by atoms with Crippen molar-refractivity contribution in [2.45, 2.75) is 12.8 Å². The van der Waals surface area contributed by atoms with Gasteiger partial charge < -0.3 is 10.1 Å². The molecule has 5 nitrogen and oxygen atoms in total. The Balaban J connectivity index is 1.35. The lowest BCUT2D eigenvalue weighted by molar-refractivity contribution is 0.0952. The van der Waals surface area contributed by atoms with Gasteiger partial charge in [0.2, 0.25) is 0 Å². The van der Waals surface area contributed by atoms with Crippen LogP contribution in [0.4, 0.5) is 4.39 Å². The topological polar surface area (TPSA) is 56.1 Å². The number of unbranched alkanes of at least 4 members (excludes halogenated alkanes) is 1. The Morgan fingerprint density at radius 1 is 1.08 bits per heavy atom. The summed E-state index contributed by atoms with van der Waals surface area (Å²) in [5.74, 6) is 0.266. The second-order valence-corrected chi connectivity index (χ2v) is 5.76. The Morgan fingerprint density at radius 2 is 1.85 bits per heavy atom. The summed E-state index contributed by atoms with van der Waals surface area (Å²) in [6.07, 6.45) is 5.16. The first-order valence-electron chi connectivity index (χ1n) is 8.49. The molecule has 2 aromatic carbocycles.